The fourth-order valence-corrected chi connectivity index (χ4v) is 3.62. The summed E-state index contributed by atoms with van der Waals surface area (Å²) < 4.78 is 0. The highest BCUT2D eigenvalue weighted by Gasteiger charge is 2.28. The standard InChI is InChI=1S/C19H25N3O2S/c1-19(2,3)18(23)24-22-10-6-14(7-11-22)12-16-13-25-17(21-16)15-4-8-20-9-5-15/h4-5,8-9,13-14H,6-7,10-12H2,1-3H3. The summed E-state index contributed by atoms with van der Waals surface area (Å²) in [6, 6.07) is 3.98. The molecule has 0 bridgehead atoms. The van der Waals surface area contributed by atoms with Crippen molar-refractivity contribution in [3.63, 3.8) is 0 Å². The summed E-state index contributed by atoms with van der Waals surface area (Å²) in [6.07, 6.45) is 6.64. The van der Waals surface area contributed by atoms with E-state index >= 15 is 0 Å². The van der Waals surface area contributed by atoms with Gasteiger partial charge in [0, 0.05) is 36.4 Å². The summed E-state index contributed by atoms with van der Waals surface area (Å²) in [7, 11) is 0. The van der Waals surface area contributed by atoms with Crippen molar-refractivity contribution >= 4 is 17.3 Å². The van der Waals surface area contributed by atoms with Gasteiger partial charge in [-0.05, 0) is 58.1 Å². The summed E-state index contributed by atoms with van der Waals surface area (Å²) in [6.45, 7) is 7.24. The first kappa shape index (κ1) is 18.0. The molecular weight excluding hydrogens is 334 g/mol. The van der Waals surface area contributed by atoms with Crippen LogP contribution in [0, 0.1) is 11.3 Å². The van der Waals surface area contributed by atoms with Crippen molar-refractivity contribution in [3.8, 4) is 10.6 Å². The highest BCUT2D eigenvalue weighted by molar-refractivity contribution is 7.13. The Labute approximate surface area is 153 Å². The van der Waals surface area contributed by atoms with E-state index in [-0.39, 0.29) is 5.97 Å². The molecule has 0 spiro atoms. The molecule has 134 valence electrons. The molecule has 1 aliphatic rings. The van der Waals surface area contributed by atoms with Crippen LogP contribution in [0.15, 0.2) is 29.9 Å². The van der Waals surface area contributed by atoms with E-state index < -0.39 is 5.41 Å². The van der Waals surface area contributed by atoms with E-state index in [2.05, 4.69) is 10.4 Å². The molecule has 3 heterocycles. The maximum absolute atomic E-state index is 12.0. The van der Waals surface area contributed by atoms with Crippen LogP contribution < -0.4 is 0 Å². The Morgan fingerprint density at radius 3 is 2.60 bits per heavy atom. The first-order valence-electron chi connectivity index (χ1n) is 8.74. The Morgan fingerprint density at radius 1 is 1.28 bits per heavy atom. The number of carbonyl (C=O) groups is 1. The summed E-state index contributed by atoms with van der Waals surface area (Å²) >= 11 is 1.68. The number of aromatic nitrogens is 2. The van der Waals surface area contributed by atoms with Crippen LogP contribution in [0.4, 0.5) is 0 Å². The predicted octanol–water partition coefficient (Wildman–Crippen LogP) is 3.96. The fourth-order valence-electron chi connectivity index (χ4n) is 2.78. The maximum atomic E-state index is 12.0. The van der Waals surface area contributed by atoms with Crippen molar-refractivity contribution in [1.29, 1.82) is 0 Å². The normalized spacial score (nSPS) is 16.8. The van der Waals surface area contributed by atoms with E-state index in [4.69, 9.17) is 9.82 Å². The van der Waals surface area contributed by atoms with Crippen molar-refractivity contribution in [3.05, 3.63) is 35.6 Å². The molecule has 0 radical (unpaired) electrons. The topological polar surface area (TPSA) is 55.3 Å². The molecule has 5 nitrogen and oxygen atoms in total. The van der Waals surface area contributed by atoms with Crippen LogP contribution in [0.2, 0.25) is 0 Å². The fraction of sp³-hybridized carbons (Fsp3) is 0.526. The van der Waals surface area contributed by atoms with Gasteiger partial charge in [0.25, 0.3) is 0 Å². The molecule has 0 aliphatic carbocycles. The van der Waals surface area contributed by atoms with Gasteiger partial charge in [-0.15, -0.1) is 16.4 Å². The Kier molecular flexibility index (Phi) is 5.49. The van der Waals surface area contributed by atoms with Gasteiger partial charge < -0.3 is 4.84 Å². The largest absolute Gasteiger partial charge is 0.367 e. The number of hydroxylamine groups is 2. The molecule has 0 N–H and O–H groups in total. The lowest BCUT2D eigenvalue weighted by Gasteiger charge is -2.31. The van der Waals surface area contributed by atoms with Gasteiger partial charge >= 0.3 is 5.97 Å². The third kappa shape index (κ3) is 4.86. The molecule has 1 fully saturated rings. The van der Waals surface area contributed by atoms with Crippen molar-refractivity contribution in [2.24, 2.45) is 11.3 Å². The van der Waals surface area contributed by atoms with Crippen molar-refractivity contribution in [1.82, 2.24) is 15.0 Å². The van der Waals surface area contributed by atoms with E-state index in [9.17, 15) is 4.79 Å². The Hall–Kier alpha value is -1.79. The highest BCUT2D eigenvalue weighted by atomic mass is 32.1. The second-order valence-electron chi connectivity index (χ2n) is 7.59. The number of rotatable bonds is 4. The quantitative estimate of drug-likeness (QED) is 0.827. The van der Waals surface area contributed by atoms with Crippen molar-refractivity contribution in [2.75, 3.05) is 13.1 Å². The van der Waals surface area contributed by atoms with Crippen LogP contribution in [0.25, 0.3) is 10.6 Å². The molecule has 0 unspecified atom stereocenters. The minimum absolute atomic E-state index is 0.160. The monoisotopic (exact) mass is 359 g/mol. The molecule has 0 amide bonds. The third-order valence-corrected chi connectivity index (χ3v) is 5.31. The molecule has 1 saturated heterocycles. The van der Waals surface area contributed by atoms with Crippen LogP contribution in [0.5, 0.6) is 0 Å². The van der Waals surface area contributed by atoms with Gasteiger partial charge in [-0.2, -0.15) is 0 Å². The Bertz CT molecular complexity index is 701. The third-order valence-electron chi connectivity index (χ3n) is 4.37. The Morgan fingerprint density at radius 2 is 1.96 bits per heavy atom. The molecule has 6 heteroatoms. The second-order valence-corrected chi connectivity index (χ2v) is 8.44. The number of thiazole rings is 1. The number of nitrogens with zero attached hydrogens (tertiary/aromatic N) is 3. The molecular formula is C19H25N3O2S. The lowest BCUT2D eigenvalue weighted by Crippen LogP contribution is -2.39. The van der Waals surface area contributed by atoms with Crippen molar-refractivity contribution in [2.45, 2.75) is 40.0 Å². The molecule has 1 aliphatic heterocycles. The summed E-state index contributed by atoms with van der Waals surface area (Å²) in [5, 5.41) is 5.02. The highest BCUT2D eigenvalue weighted by Crippen LogP contribution is 2.27. The number of pyridine rings is 1. The van der Waals surface area contributed by atoms with Crippen LogP contribution in [-0.4, -0.2) is 34.1 Å². The van der Waals surface area contributed by atoms with E-state index in [1.807, 2.05) is 38.0 Å². The van der Waals surface area contributed by atoms with Gasteiger partial charge in [0.2, 0.25) is 0 Å². The number of piperidine rings is 1. The van der Waals surface area contributed by atoms with Gasteiger partial charge in [-0.1, -0.05) is 0 Å². The molecule has 2 aromatic heterocycles. The average molecular weight is 359 g/mol. The minimum Gasteiger partial charge on any atom is -0.367 e. The zero-order valence-corrected chi connectivity index (χ0v) is 15.9. The molecule has 3 rings (SSSR count). The first-order valence-corrected chi connectivity index (χ1v) is 9.62. The number of hydrogen-bond acceptors (Lipinski definition) is 6. The summed E-state index contributed by atoms with van der Waals surface area (Å²) in [4.78, 5) is 26.3. The molecule has 0 atom stereocenters. The molecule has 0 saturated carbocycles. The first-order chi connectivity index (χ1) is 11.9. The van der Waals surface area contributed by atoms with Gasteiger partial charge in [0.15, 0.2) is 0 Å². The number of hydrogen-bond donors (Lipinski definition) is 0. The van der Waals surface area contributed by atoms with Gasteiger partial charge in [0.05, 0.1) is 11.1 Å². The summed E-state index contributed by atoms with van der Waals surface area (Å²) in [5.74, 6) is 0.435. The van der Waals surface area contributed by atoms with Gasteiger partial charge in [0.1, 0.15) is 5.01 Å². The lowest BCUT2D eigenvalue weighted by molar-refractivity contribution is -0.206. The van der Waals surface area contributed by atoms with Crippen molar-refractivity contribution < 1.29 is 9.63 Å². The van der Waals surface area contributed by atoms with Crippen LogP contribution in [0.1, 0.15) is 39.3 Å². The van der Waals surface area contributed by atoms with E-state index in [1.165, 1.54) is 0 Å². The van der Waals surface area contributed by atoms with E-state index in [1.54, 1.807) is 23.7 Å². The zero-order valence-electron chi connectivity index (χ0n) is 15.1. The number of carbonyl (C=O) groups excluding carboxylic acids is 1. The SMILES string of the molecule is CC(C)(C)C(=O)ON1CCC(Cc2csc(-c3ccncc3)n2)CC1. The van der Waals surface area contributed by atoms with Gasteiger partial charge in [-0.3, -0.25) is 4.98 Å². The van der Waals surface area contributed by atoms with E-state index in [0.29, 0.717) is 5.92 Å². The lowest BCUT2D eigenvalue weighted by atomic mass is 9.93. The Balaban J connectivity index is 1.50. The predicted molar refractivity (Wildman–Crippen MR) is 98.9 cm³/mol. The average Bonchev–Trinajstić information content (AvgIpc) is 3.05. The van der Waals surface area contributed by atoms with E-state index in [0.717, 1.165) is 48.6 Å². The zero-order chi connectivity index (χ0) is 17.9. The summed E-state index contributed by atoms with van der Waals surface area (Å²) in [5.41, 5.74) is 1.82. The smallest absolute Gasteiger partial charge is 0.330 e. The minimum atomic E-state index is -0.458. The molecule has 0 aromatic carbocycles. The molecule has 25 heavy (non-hydrogen) atoms. The maximum Gasteiger partial charge on any atom is 0.330 e. The van der Waals surface area contributed by atoms with Crippen LogP contribution in [-0.2, 0) is 16.1 Å². The molecule has 2 aromatic rings. The van der Waals surface area contributed by atoms with Crippen LogP contribution >= 0.6 is 11.3 Å². The second kappa shape index (κ2) is 7.62. The van der Waals surface area contributed by atoms with Crippen LogP contribution in [0.3, 0.4) is 0 Å². The van der Waals surface area contributed by atoms with Gasteiger partial charge in [-0.25, -0.2) is 9.78 Å².